The molecular formula is C11H22N2O3S. The molecule has 1 aliphatic heterocycles. The van der Waals surface area contributed by atoms with Gasteiger partial charge in [0.15, 0.2) is 0 Å². The summed E-state index contributed by atoms with van der Waals surface area (Å²) in [6.45, 7) is 5.57. The fourth-order valence-electron chi connectivity index (χ4n) is 1.91. The first kappa shape index (κ1) is 14.4. The molecule has 5 nitrogen and oxygen atoms in total. The Morgan fingerprint density at radius 3 is 2.65 bits per heavy atom. The number of rotatable bonds is 4. The summed E-state index contributed by atoms with van der Waals surface area (Å²) in [6.07, 6.45) is 2.73. The quantitative estimate of drug-likeness (QED) is 0.799. The molecule has 1 amide bonds. The molecule has 0 unspecified atom stereocenters. The fraction of sp³-hybridized carbons (Fsp3) is 0.909. The number of carbonyl (C=O) groups excluding carboxylic acids is 1. The second-order valence-electron chi connectivity index (χ2n) is 5.10. The first-order chi connectivity index (χ1) is 7.80. The maximum atomic E-state index is 11.8. The summed E-state index contributed by atoms with van der Waals surface area (Å²) in [6, 6.07) is 0. The predicted molar refractivity (Wildman–Crippen MR) is 67.0 cm³/mol. The van der Waals surface area contributed by atoms with Crippen LogP contribution in [0.3, 0.4) is 0 Å². The van der Waals surface area contributed by atoms with Gasteiger partial charge in [-0.1, -0.05) is 13.8 Å². The monoisotopic (exact) mass is 262 g/mol. The Bertz CT molecular complexity index is 365. The number of piperidine rings is 1. The van der Waals surface area contributed by atoms with Crippen LogP contribution in [0.2, 0.25) is 0 Å². The zero-order valence-electron chi connectivity index (χ0n) is 10.8. The molecule has 0 aromatic carbocycles. The Morgan fingerprint density at radius 1 is 1.47 bits per heavy atom. The topological polar surface area (TPSA) is 66.5 Å². The second kappa shape index (κ2) is 5.82. The summed E-state index contributed by atoms with van der Waals surface area (Å²) < 4.78 is 24.2. The van der Waals surface area contributed by atoms with Crippen LogP contribution in [-0.4, -0.2) is 44.5 Å². The van der Waals surface area contributed by atoms with E-state index in [1.54, 1.807) is 0 Å². The lowest BCUT2D eigenvalue weighted by Gasteiger charge is -2.30. The van der Waals surface area contributed by atoms with Gasteiger partial charge in [-0.15, -0.1) is 0 Å². The number of sulfonamides is 1. The Labute approximate surface area is 104 Å². The van der Waals surface area contributed by atoms with E-state index in [0.29, 0.717) is 25.6 Å². The largest absolute Gasteiger partial charge is 0.356 e. The zero-order valence-corrected chi connectivity index (χ0v) is 11.6. The molecule has 1 fully saturated rings. The third-order valence-electron chi connectivity index (χ3n) is 2.91. The molecule has 1 aliphatic rings. The van der Waals surface area contributed by atoms with E-state index in [1.807, 2.05) is 13.8 Å². The third-order valence-corrected chi connectivity index (χ3v) is 4.18. The lowest BCUT2D eigenvalue weighted by molar-refractivity contribution is -0.126. The standard InChI is InChI=1S/C11H22N2O3S/c1-9(2)7-12-11(14)10-5-4-6-13(8-10)17(3,15)16/h9-10H,4-8H2,1-3H3,(H,12,14)/t10-/m1/s1. The smallest absolute Gasteiger partial charge is 0.224 e. The van der Waals surface area contributed by atoms with Crippen molar-refractivity contribution in [2.75, 3.05) is 25.9 Å². The van der Waals surface area contributed by atoms with Gasteiger partial charge in [0.2, 0.25) is 15.9 Å². The van der Waals surface area contributed by atoms with Crippen LogP contribution in [0.1, 0.15) is 26.7 Å². The van der Waals surface area contributed by atoms with Gasteiger partial charge in [-0.2, -0.15) is 0 Å². The minimum atomic E-state index is -3.17. The van der Waals surface area contributed by atoms with Crippen LogP contribution in [-0.2, 0) is 14.8 Å². The van der Waals surface area contributed by atoms with E-state index >= 15 is 0 Å². The van der Waals surface area contributed by atoms with E-state index in [4.69, 9.17) is 0 Å². The second-order valence-corrected chi connectivity index (χ2v) is 7.08. The molecule has 6 heteroatoms. The van der Waals surface area contributed by atoms with Crippen molar-refractivity contribution in [3.8, 4) is 0 Å². The summed E-state index contributed by atoms with van der Waals surface area (Å²) >= 11 is 0. The lowest BCUT2D eigenvalue weighted by Crippen LogP contribution is -2.45. The van der Waals surface area contributed by atoms with Crippen molar-refractivity contribution >= 4 is 15.9 Å². The normalized spacial score (nSPS) is 22.7. The van der Waals surface area contributed by atoms with Gasteiger partial charge in [0.1, 0.15) is 0 Å². The van der Waals surface area contributed by atoms with Crippen molar-refractivity contribution < 1.29 is 13.2 Å². The summed E-state index contributed by atoms with van der Waals surface area (Å²) in [5, 5.41) is 2.86. The number of hydrogen-bond donors (Lipinski definition) is 1. The van der Waals surface area contributed by atoms with Gasteiger partial charge >= 0.3 is 0 Å². The Hall–Kier alpha value is -0.620. The highest BCUT2D eigenvalue weighted by atomic mass is 32.2. The van der Waals surface area contributed by atoms with Gasteiger partial charge in [-0.3, -0.25) is 4.79 Å². The Kier molecular flexibility index (Phi) is 4.94. The highest BCUT2D eigenvalue weighted by molar-refractivity contribution is 7.88. The van der Waals surface area contributed by atoms with Gasteiger partial charge < -0.3 is 5.32 Å². The SMILES string of the molecule is CC(C)CNC(=O)[C@@H]1CCCN(S(C)(=O)=O)C1. The van der Waals surface area contributed by atoms with E-state index < -0.39 is 10.0 Å². The minimum absolute atomic E-state index is 0.0212. The van der Waals surface area contributed by atoms with Crippen LogP contribution in [0.25, 0.3) is 0 Å². The number of nitrogens with one attached hydrogen (secondary N) is 1. The third kappa shape index (κ3) is 4.63. The van der Waals surface area contributed by atoms with Crippen molar-refractivity contribution in [3.63, 3.8) is 0 Å². The number of carbonyl (C=O) groups is 1. The highest BCUT2D eigenvalue weighted by Crippen LogP contribution is 2.18. The molecule has 0 saturated carbocycles. The van der Waals surface area contributed by atoms with Crippen LogP contribution in [0.4, 0.5) is 0 Å². The molecule has 0 aromatic heterocycles. The van der Waals surface area contributed by atoms with Crippen LogP contribution in [0, 0.1) is 11.8 Å². The van der Waals surface area contributed by atoms with Crippen molar-refractivity contribution in [2.24, 2.45) is 11.8 Å². The van der Waals surface area contributed by atoms with Crippen LogP contribution in [0.15, 0.2) is 0 Å². The molecule has 1 heterocycles. The average molecular weight is 262 g/mol. The van der Waals surface area contributed by atoms with Crippen molar-refractivity contribution in [3.05, 3.63) is 0 Å². The number of nitrogens with zero attached hydrogens (tertiary/aromatic N) is 1. The molecular weight excluding hydrogens is 240 g/mol. The molecule has 1 atom stereocenters. The molecule has 17 heavy (non-hydrogen) atoms. The Morgan fingerprint density at radius 2 is 2.12 bits per heavy atom. The molecule has 0 aliphatic carbocycles. The maximum Gasteiger partial charge on any atom is 0.224 e. The average Bonchev–Trinajstić information content (AvgIpc) is 2.25. The van der Waals surface area contributed by atoms with Crippen LogP contribution >= 0.6 is 0 Å². The molecule has 0 aromatic rings. The van der Waals surface area contributed by atoms with Gasteiger partial charge in [-0.25, -0.2) is 12.7 Å². The van der Waals surface area contributed by atoms with E-state index in [2.05, 4.69) is 5.32 Å². The van der Waals surface area contributed by atoms with Crippen LogP contribution < -0.4 is 5.32 Å². The number of amides is 1. The molecule has 1 N–H and O–H groups in total. The minimum Gasteiger partial charge on any atom is -0.356 e. The van der Waals surface area contributed by atoms with Gasteiger partial charge in [-0.05, 0) is 18.8 Å². The lowest BCUT2D eigenvalue weighted by atomic mass is 9.98. The molecule has 100 valence electrons. The van der Waals surface area contributed by atoms with Crippen molar-refractivity contribution in [2.45, 2.75) is 26.7 Å². The van der Waals surface area contributed by atoms with Crippen molar-refractivity contribution in [1.29, 1.82) is 0 Å². The van der Waals surface area contributed by atoms with Crippen molar-refractivity contribution in [1.82, 2.24) is 9.62 Å². The highest BCUT2D eigenvalue weighted by Gasteiger charge is 2.29. The number of hydrogen-bond acceptors (Lipinski definition) is 3. The van der Waals surface area contributed by atoms with E-state index in [1.165, 1.54) is 10.6 Å². The summed E-state index contributed by atoms with van der Waals surface area (Å²) in [5.41, 5.74) is 0. The molecule has 0 bridgehead atoms. The molecule has 1 rings (SSSR count). The summed E-state index contributed by atoms with van der Waals surface area (Å²) in [4.78, 5) is 11.8. The predicted octanol–water partition coefficient (Wildman–Crippen LogP) is 0.430. The van der Waals surface area contributed by atoms with Gasteiger partial charge in [0.25, 0.3) is 0 Å². The van der Waals surface area contributed by atoms with E-state index in [9.17, 15) is 13.2 Å². The first-order valence-electron chi connectivity index (χ1n) is 6.03. The molecule has 0 spiro atoms. The van der Waals surface area contributed by atoms with Crippen LogP contribution in [0.5, 0.6) is 0 Å². The maximum absolute atomic E-state index is 11.8. The fourth-order valence-corrected chi connectivity index (χ4v) is 2.82. The zero-order chi connectivity index (χ0) is 13.1. The summed E-state index contributed by atoms with van der Waals surface area (Å²) in [7, 11) is -3.17. The van der Waals surface area contributed by atoms with Gasteiger partial charge in [0.05, 0.1) is 12.2 Å². The first-order valence-corrected chi connectivity index (χ1v) is 7.88. The Balaban J connectivity index is 2.52. The van der Waals surface area contributed by atoms with E-state index in [-0.39, 0.29) is 11.8 Å². The molecule has 0 radical (unpaired) electrons. The summed E-state index contributed by atoms with van der Waals surface area (Å²) in [5.74, 6) is 0.192. The molecule has 1 saturated heterocycles. The van der Waals surface area contributed by atoms with E-state index in [0.717, 1.165) is 12.8 Å². The van der Waals surface area contributed by atoms with Gasteiger partial charge in [0, 0.05) is 19.6 Å².